The minimum Gasteiger partial charge on any atom is -0.508 e. The van der Waals surface area contributed by atoms with E-state index in [1.807, 2.05) is 12.1 Å². The average Bonchev–Trinajstić information content (AvgIpc) is 2.74. The molecule has 1 N–H and O–H groups in total. The topological polar surface area (TPSA) is 50.9 Å². The predicted molar refractivity (Wildman–Crippen MR) is 64.8 cm³/mol. The zero-order valence-electron chi connectivity index (χ0n) is 9.80. The highest BCUT2D eigenvalue weighted by Gasteiger charge is 2.22. The molecular weight excluding hydrogens is 214 g/mol. The predicted octanol–water partition coefficient (Wildman–Crippen LogP) is 2.55. The van der Waals surface area contributed by atoms with Crippen LogP contribution in [0.1, 0.15) is 31.5 Å². The molecule has 0 spiro atoms. The van der Waals surface area contributed by atoms with Crippen molar-refractivity contribution in [2.75, 3.05) is 0 Å². The molecule has 4 nitrogen and oxygen atoms in total. The van der Waals surface area contributed by atoms with Crippen LogP contribution < -0.4 is 0 Å². The second-order valence-corrected chi connectivity index (χ2v) is 4.63. The van der Waals surface area contributed by atoms with Crippen LogP contribution >= 0.6 is 0 Å². The van der Waals surface area contributed by atoms with Gasteiger partial charge in [-0.2, -0.15) is 0 Å². The summed E-state index contributed by atoms with van der Waals surface area (Å²) in [5, 5.41) is 18.0. The van der Waals surface area contributed by atoms with Crippen molar-refractivity contribution in [2.24, 2.45) is 0 Å². The van der Waals surface area contributed by atoms with Crippen LogP contribution in [0, 0.1) is 0 Å². The fourth-order valence-corrected chi connectivity index (χ4v) is 2.44. The first-order valence-corrected chi connectivity index (χ1v) is 5.98. The molecule has 0 radical (unpaired) electrons. The van der Waals surface area contributed by atoms with E-state index in [1.54, 1.807) is 12.1 Å². The third-order valence-electron chi connectivity index (χ3n) is 3.34. The number of aromatic hydroxyl groups is 1. The summed E-state index contributed by atoms with van der Waals surface area (Å²) in [6.07, 6.45) is 2.34. The minimum absolute atomic E-state index is 0.267. The lowest BCUT2D eigenvalue weighted by Crippen LogP contribution is -2.14. The van der Waals surface area contributed by atoms with Gasteiger partial charge in [-0.25, -0.2) is 0 Å². The van der Waals surface area contributed by atoms with Crippen LogP contribution in [0.15, 0.2) is 24.3 Å². The first-order chi connectivity index (χ1) is 8.25. The molecule has 1 aromatic carbocycles. The van der Waals surface area contributed by atoms with Gasteiger partial charge in [-0.15, -0.1) is 10.2 Å². The van der Waals surface area contributed by atoms with Crippen LogP contribution in [0.4, 0.5) is 0 Å². The van der Waals surface area contributed by atoms with Crippen molar-refractivity contribution in [3.63, 3.8) is 0 Å². The van der Waals surface area contributed by atoms with Crippen LogP contribution in [-0.4, -0.2) is 19.9 Å². The Bertz CT molecular complexity index is 547. The van der Waals surface area contributed by atoms with Crippen molar-refractivity contribution in [1.29, 1.82) is 0 Å². The summed E-state index contributed by atoms with van der Waals surface area (Å²) in [4.78, 5) is 0. The Hall–Kier alpha value is -1.84. The van der Waals surface area contributed by atoms with Crippen LogP contribution in [-0.2, 0) is 6.54 Å². The Morgan fingerprint density at radius 3 is 3.06 bits per heavy atom. The highest BCUT2D eigenvalue weighted by atomic mass is 16.3. The maximum atomic E-state index is 9.51. The average molecular weight is 229 g/mol. The Labute approximate surface area is 99.9 Å². The first-order valence-electron chi connectivity index (χ1n) is 5.98. The Balaban J connectivity index is 2.10. The number of phenols is 1. The summed E-state index contributed by atoms with van der Waals surface area (Å²) in [5.74, 6) is 2.67. The molecule has 0 bridgehead atoms. The Kier molecular flexibility index (Phi) is 2.35. The van der Waals surface area contributed by atoms with Crippen molar-refractivity contribution < 1.29 is 5.11 Å². The molecule has 88 valence electrons. The van der Waals surface area contributed by atoms with Gasteiger partial charge in [0.05, 0.1) is 0 Å². The molecular formula is C13H15N3O. The molecule has 1 atom stereocenters. The second kappa shape index (κ2) is 3.87. The highest BCUT2D eigenvalue weighted by Crippen LogP contribution is 2.30. The summed E-state index contributed by atoms with van der Waals surface area (Å²) in [5.41, 5.74) is 0.929. The van der Waals surface area contributed by atoms with Crippen LogP contribution in [0.5, 0.6) is 5.75 Å². The number of benzene rings is 1. The molecule has 0 aliphatic carbocycles. The van der Waals surface area contributed by atoms with Gasteiger partial charge in [-0.1, -0.05) is 19.1 Å². The van der Waals surface area contributed by atoms with E-state index >= 15 is 0 Å². The smallest absolute Gasteiger partial charge is 0.164 e. The molecule has 0 amide bonds. The van der Waals surface area contributed by atoms with E-state index in [4.69, 9.17) is 0 Å². The molecule has 3 rings (SSSR count). The molecule has 1 aliphatic heterocycles. The van der Waals surface area contributed by atoms with Crippen LogP contribution in [0.25, 0.3) is 11.4 Å². The van der Waals surface area contributed by atoms with Gasteiger partial charge >= 0.3 is 0 Å². The molecule has 0 saturated heterocycles. The summed E-state index contributed by atoms with van der Waals surface area (Å²) < 4.78 is 2.17. The maximum absolute atomic E-state index is 9.51. The SMILES string of the molecule is CC1CCCn2c(-c3cccc(O)c3)nnc21. The Morgan fingerprint density at radius 2 is 2.24 bits per heavy atom. The van der Waals surface area contributed by atoms with Crippen molar-refractivity contribution in [2.45, 2.75) is 32.2 Å². The van der Waals surface area contributed by atoms with E-state index in [0.717, 1.165) is 30.2 Å². The van der Waals surface area contributed by atoms with Gasteiger partial charge in [0, 0.05) is 18.0 Å². The summed E-state index contributed by atoms with van der Waals surface area (Å²) in [6.45, 7) is 3.16. The highest BCUT2D eigenvalue weighted by molar-refractivity contribution is 5.57. The molecule has 0 saturated carbocycles. The lowest BCUT2D eigenvalue weighted by molar-refractivity contribution is 0.465. The molecule has 4 heteroatoms. The van der Waals surface area contributed by atoms with E-state index in [0.29, 0.717) is 5.92 Å². The molecule has 1 aromatic heterocycles. The third kappa shape index (κ3) is 1.69. The first kappa shape index (κ1) is 10.3. The normalized spacial score (nSPS) is 19.0. The van der Waals surface area contributed by atoms with Gasteiger partial charge in [0.15, 0.2) is 5.82 Å². The lowest BCUT2D eigenvalue weighted by atomic mass is 10.0. The molecule has 0 fully saturated rings. The fraction of sp³-hybridized carbons (Fsp3) is 0.385. The number of hydrogen-bond donors (Lipinski definition) is 1. The third-order valence-corrected chi connectivity index (χ3v) is 3.34. The number of phenolic OH excluding ortho intramolecular Hbond substituents is 1. The molecule has 2 aromatic rings. The van der Waals surface area contributed by atoms with Gasteiger partial charge in [-0.05, 0) is 25.0 Å². The van der Waals surface area contributed by atoms with E-state index in [-0.39, 0.29) is 5.75 Å². The van der Waals surface area contributed by atoms with Crippen molar-refractivity contribution in [3.05, 3.63) is 30.1 Å². The van der Waals surface area contributed by atoms with Gasteiger partial charge in [0.25, 0.3) is 0 Å². The van der Waals surface area contributed by atoms with E-state index < -0.39 is 0 Å². The van der Waals surface area contributed by atoms with Gasteiger partial charge in [0.2, 0.25) is 0 Å². The largest absolute Gasteiger partial charge is 0.508 e. The molecule has 17 heavy (non-hydrogen) atoms. The van der Waals surface area contributed by atoms with Crippen LogP contribution in [0.3, 0.4) is 0 Å². The van der Waals surface area contributed by atoms with Gasteiger partial charge in [0.1, 0.15) is 11.6 Å². The van der Waals surface area contributed by atoms with Crippen LogP contribution in [0.2, 0.25) is 0 Å². The van der Waals surface area contributed by atoms with Gasteiger partial charge < -0.3 is 9.67 Å². The number of rotatable bonds is 1. The fourth-order valence-electron chi connectivity index (χ4n) is 2.44. The number of nitrogens with zero attached hydrogens (tertiary/aromatic N) is 3. The summed E-state index contributed by atoms with van der Waals surface area (Å²) in [6, 6.07) is 7.19. The van der Waals surface area contributed by atoms with E-state index in [1.165, 1.54) is 6.42 Å². The van der Waals surface area contributed by atoms with Crippen molar-refractivity contribution in [3.8, 4) is 17.1 Å². The van der Waals surface area contributed by atoms with E-state index in [2.05, 4.69) is 21.7 Å². The zero-order chi connectivity index (χ0) is 11.8. The standard InChI is InChI=1S/C13H15N3O/c1-9-4-3-7-16-12(9)14-15-13(16)10-5-2-6-11(17)8-10/h2,5-6,8-9,17H,3-4,7H2,1H3. The number of aromatic nitrogens is 3. The molecule has 1 aliphatic rings. The Morgan fingerprint density at radius 1 is 1.35 bits per heavy atom. The number of fused-ring (bicyclic) bond motifs is 1. The van der Waals surface area contributed by atoms with E-state index in [9.17, 15) is 5.11 Å². The number of hydrogen-bond acceptors (Lipinski definition) is 3. The molecule has 1 unspecified atom stereocenters. The summed E-state index contributed by atoms with van der Waals surface area (Å²) >= 11 is 0. The minimum atomic E-state index is 0.267. The van der Waals surface area contributed by atoms with Crippen molar-refractivity contribution >= 4 is 0 Å². The molecule has 2 heterocycles. The van der Waals surface area contributed by atoms with Gasteiger partial charge in [-0.3, -0.25) is 0 Å². The summed E-state index contributed by atoms with van der Waals surface area (Å²) in [7, 11) is 0. The second-order valence-electron chi connectivity index (χ2n) is 4.63. The van der Waals surface area contributed by atoms with Crippen molar-refractivity contribution in [1.82, 2.24) is 14.8 Å². The lowest BCUT2D eigenvalue weighted by Gasteiger charge is -2.20. The quantitative estimate of drug-likeness (QED) is 0.817. The monoisotopic (exact) mass is 229 g/mol. The zero-order valence-corrected chi connectivity index (χ0v) is 9.80. The maximum Gasteiger partial charge on any atom is 0.164 e.